The van der Waals surface area contributed by atoms with Crippen molar-refractivity contribution in [2.75, 3.05) is 5.32 Å². The molecular weight excluding hydrogens is 398 g/mol. The third-order valence-electron chi connectivity index (χ3n) is 5.68. The van der Waals surface area contributed by atoms with Crippen LogP contribution in [0.4, 0.5) is 5.69 Å². The Balaban J connectivity index is 1.51. The molecule has 30 heavy (non-hydrogen) atoms. The summed E-state index contributed by atoms with van der Waals surface area (Å²) in [4.78, 5) is 32.2. The fraction of sp³-hybridized carbons (Fsp3) is 0.364. The minimum absolute atomic E-state index is 0.141. The monoisotopic (exact) mass is 421 g/mol. The summed E-state index contributed by atoms with van der Waals surface area (Å²) in [5, 5.41) is 8.37. The standard InChI is InChI=1S/C22H23N5O2S/c1-12-4-5-16-17(9-12)30-21-19(16)20-25-27(22(29)26(20)11-23-21)10-18(28)24-15-7-13(2)6-14(3)8-15/h6-8,11-12H,4-5,9-10H2,1-3H3,(H,24,28). The molecule has 7 nitrogen and oxygen atoms in total. The lowest BCUT2D eigenvalue weighted by Crippen LogP contribution is -2.28. The van der Waals surface area contributed by atoms with Crippen molar-refractivity contribution in [2.45, 2.75) is 46.6 Å². The fourth-order valence-electron chi connectivity index (χ4n) is 4.35. The van der Waals surface area contributed by atoms with Crippen LogP contribution in [0.5, 0.6) is 0 Å². The predicted octanol–water partition coefficient (Wildman–Crippen LogP) is 3.49. The molecule has 3 aromatic heterocycles. The summed E-state index contributed by atoms with van der Waals surface area (Å²) in [6.07, 6.45) is 4.68. The van der Waals surface area contributed by atoms with E-state index in [1.807, 2.05) is 32.0 Å². The van der Waals surface area contributed by atoms with Crippen LogP contribution >= 0.6 is 11.3 Å². The van der Waals surface area contributed by atoms with E-state index in [0.29, 0.717) is 11.6 Å². The second kappa shape index (κ2) is 7.05. The molecule has 8 heteroatoms. The highest BCUT2D eigenvalue weighted by Crippen LogP contribution is 2.38. The third-order valence-corrected chi connectivity index (χ3v) is 6.84. The van der Waals surface area contributed by atoms with E-state index >= 15 is 0 Å². The molecule has 0 bridgehead atoms. The maximum atomic E-state index is 12.9. The zero-order valence-corrected chi connectivity index (χ0v) is 18.0. The molecular formula is C22H23N5O2S. The molecule has 0 saturated carbocycles. The molecule has 154 valence electrons. The molecule has 4 aromatic rings. The number of nitrogens with one attached hydrogen (secondary N) is 1. The van der Waals surface area contributed by atoms with Gasteiger partial charge in [0.05, 0.1) is 5.39 Å². The van der Waals surface area contributed by atoms with E-state index in [-0.39, 0.29) is 18.1 Å². The molecule has 1 N–H and O–H groups in total. The quantitative estimate of drug-likeness (QED) is 0.549. The Hall–Kier alpha value is -3.00. The number of amides is 1. The van der Waals surface area contributed by atoms with Crippen LogP contribution in [-0.4, -0.2) is 25.1 Å². The van der Waals surface area contributed by atoms with Gasteiger partial charge in [-0.1, -0.05) is 13.0 Å². The van der Waals surface area contributed by atoms with Gasteiger partial charge in [-0.05, 0) is 67.9 Å². The van der Waals surface area contributed by atoms with Crippen molar-refractivity contribution < 1.29 is 4.79 Å². The first kappa shape index (κ1) is 19.0. The largest absolute Gasteiger partial charge is 0.352 e. The van der Waals surface area contributed by atoms with E-state index < -0.39 is 0 Å². The number of fused-ring (bicyclic) bond motifs is 5. The number of thiophene rings is 1. The van der Waals surface area contributed by atoms with Crippen LogP contribution in [-0.2, 0) is 24.2 Å². The SMILES string of the molecule is Cc1cc(C)cc(NC(=O)Cn2nc3c4c5c(sc4ncn3c2=O)CC(C)CC5)c1. The van der Waals surface area contributed by atoms with Gasteiger partial charge in [0.15, 0.2) is 5.65 Å². The molecule has 0 radical (unpaired) electrons. The second-order valence-corrected chi connectivity index (χ2v) is 9.42. The Kier molecular flexibility index (Phi) is 4.47. The van der Waals surface area contributed by atoms with Gasteiger partial charge in [0.1, 0.15) is 17.7 Å². The molecule has 5 rings (SSSR count). The van der Waals surface area contributed by atoms with Gasteiger partial charge in [0.2, 0.25) is 5.91 Å². The number of hydrogen-bond acceptors (Lipinski definition) is 5. The number of benzene rings is 1. The van der Waals surface area contributed by atoms with Gasteiger partial charge in [-0.3, -0.25) is 4.79 Å². The number of nitrogens with zero attached hydrogens (tertiary/aromatic N) is 4. The van der Waals surface area contributed by atoms with Crippen LogP contribution in [0.2, 0.25) is 0 Å². The van der Waals surface area contributed by atoms with E-state index in [4.69, 9.17) is 0 Å². The molecule has 0 fully saturated rings. The van der Waals surface area contributed by atoms with E-state index in [1.165, 1.54) is 25.9 Å². The number of anilines is 1. The number of carbonyl (C=O) groups excluding carboxylic acids is 1. The Labute approximate surface area is 177 Å². The highest BCUT2D eigenvalue weighted by Gasteiger charge is 2.24. The molecule has 1 unspecified atom stereocenters. The van der Waals surface area contributed by atoms with Crippen LogP contribution in [0.1, 0.15) is 34.9 Å². The van der Waals surface area contributed by atoms with Crippen molar-refractivity contribution in [1.82, 2.24) is 19.2 Å². The normalized spacial score (nSPS) is 16.2. The predicted molar refractivity (Wildman–Crippen MR) is 118 cm³/mol. The molecule has 0 spiro atoms. The topological polar surface area (TPSA) is 81.3 Å². The van der Waals surface area contributed by atoms with E-state index in [2.05, 4.69) is 22.3 Å². The van der Waals surface area contributed by atoms with Gasteiger partial charge in [-0.25, -0.2) is 18.9 Å². The summed E-state index contributed by atoms with van der Waals surface area (Å²) < 4.78 is 2.68. The summed E-state index contributed by atoms with van der Waals surface area (Å²) in [6.45, 7) is 6.09. The zero-order chi connectivity index (χ0) is 21.0. The molecule has 0 saturated heterocycles. The van der Waals surface area contributed by atoms with Crippen LogP contribution in [0.25, 0.3) is 15.9 Å². The van der Waals surface area contributed by atoms with Crippen molar-refractivity contribution in [3.8, 4) is 0 Å². The van der Waals surface area contributed by atoms with E-state index in [1.54, 1.807) is 11.3 Å². The van der Waals surface area contributed by atoms with Crippen molar-refractivity contribution in [2.24, 2.45) is 5.92 Å². The zero-order valence-electron chi connectivity index (χ0n) is 17.2. The fourth-order valence-corrected chi connectivity index (χ4v) is 5.69. The van der Waals surface area contributed by atoms with Crippen molar-refractivity contribution >= 4 is 38.8 Å². The second-order valence-electron chi connectivity index (χ2n) is 8.33. The number of aryl methyl sites for hydroxylation is 3. The van der Waals surface area contributed by atoms with Crippen molar-refractivity contribution in [1.29, 1.82) is 0 Å². The summed E-state index contributed by atoms with van der Waals surface area (Å²) in [6, 6.07) is 5.86. The number of carbonyl (C=O) groups is 1. The van der Waals surface area contributed by atoms with Gasteiger partial charge in [-0.2, -0.15) is 0 Å². The Morgan fingerprint density at radius 1 is 1.27 bits per heavy atom. The van der Waals surface area contributed by atoms with Gasteiger partial charge < -0.3 is 5.32 Å². The van der Waals surface area contributed by atoms with Gasteiger partial charge in [-0.15, -0.1) is 16.4 Å². The first-order chi connectivity index (χ1) is 14.4. The van der Waals surface area contributed by atoms with E-state index in [9.17, 15) is 9.59 Å². The summed E-state index contributed by atoms with van der Waals surface area (Å²) >= 11 is 1.70. The van der Waals surface area contributed by atoms with Crippen LogP contribution in [0.3, 0.4) is 0 Å². The minimum Gasteiger partial charge on any atom is -0.324 e. The molecule has 0 aliphatic heterocycles. The molecule has 1 atom stereocenters. The Morgan fingerprint density at radius 2 is 2.03 bits per heavy atom. The Morgan fingerprint density at radius 3 is 2.80 bits per heavy atom. The van der Waals surface area contributed by atoms with Crippen LogP contribution in [0, 0.1) is 19.8 Å². The lowest BCUT2D eigenvalue weighted by atomic mass is 9.89. The molecule has 1 aliphatic carbocycles. The lowest BCUT2D eigenvalue weighted by Gasteiger charge is -2.17. The van der Waals surface area contributed by atoms with Crippen LogP contribution < -0.4 is 11.0 Å². The molecule has 1 aliphatic rings. The van der Waals surface area contributed by atoms with Crippen molar-refractivity contribution in [3.63, 3.8) is 0 Å². The average molecular weight is 422 g/mol. The van der Waals surface area contributed by atoms with Gasteiger partial charge in [0.25, 0.3) is 0 Å². The maximum absolute atomic E-state index is 12.9. The number of hydrogen-bond donors (Lipinski definition) is 1. The third kappa shape index (κ3) is 3.21. The van der Waals surface area contributed by atoms with Crippen molar-refractivity contribution in [3.05, 3.63) is 56.6 Å². The summed E-state index contributed by atoms with van der Waals surface area (Å²) in [5.74, 6) is 0.381. The average Bonchev–Trinajstić information content (AvgIpc) is 3.18. The van der Waals surface area contributed by atoms with Gasteiger partial charge >= 0.3 is 5.69 Å². The summed E-state index contributed by atoms with van der Waals surface area (Å²) in [7, 11) is 0. The lowest BCUT2D eigenvalue weighted by molar-refractivity contribution is -0.117. The number of aromatic nitrogens is 4. The van der Waals surface area contributed by atoms with Crippen LogP contribution in [0.15, 0.2) is 29.3 Å². The highest BCUT2D eigenvalue weighted by molar-refractivity contribution is 7.19. The molecule has 3 heterocycles. The Bertz CT molecular complexity index is 1340. The smallest absolute Gasteiger partial charge is 0.324 e. The molecule has 1 amide bonds. The summed E-state index contributed by atoms with van der Waals surface area (Å²) in [5.41, 5.74) is 4.37. The molecule has 1 aromatic carbocycles. The first-order valence-corrected chi connectivity index (χ1v) is 11.0. The highest BCUT2D eigenvalue weighted by atomic mass is 32.1. The van der Waals surface area contributed by atoms with Gasteiger partial charge in [0, 0.05) is 10.6 Å². The maximum Gasteiger partial charge on any atom is 0.352 e. The minimum atomic E-state index is -0.348. The first-order valence-electron chi connectivity index (χ1n) is 10.2. The van der Waals surface area contributed by atoms with E-state index in [0.717, 1.165) is 46.3 Å². The number of rotatable bonds is 3.